The SMILES string of the molecule is CCNC(=NCCCCCOC1CCCCC1)N1CCC(O)CC1.I. The third-order valence-electron chi connectivity index (χ3n) is 5.07. The van der Waals surface area contributed by atoms with Crippen LogP contribution in [0.3, 0.4) is 0 Å². The Morgan fingerprint density at radius 1 is 1.08 bits per heavy atom. The van der Waals surface area contributed by atoms with Gasteiger partial charge in [-0.2, -0.15) is 0 Å². The Labute approximate surface area is 171 Å². The topological polar surface area (TPSA) is 57.1 Å². The summed E-state index contributed by atoms with van der Waals surface area (Å²) in [5, 5.41) is 13.0. The van der Waals surface area contributed by atoms with Crippen LogP contribution in [-0.2, 0) is 4.74 Å². The van der Waals surface area contributed by atoms with Crippen LogP contribution in [0.4, 0.5) is 0 Å². The molecule has 0 amide bonds. The summed E-state index contributed by atoms with van der Waals surface area (Å²) in [6.07, 6.45) is 12.2. The summed E-state index contributed by atoms with van der Waals surface area (Å²) in [7, 11) is 0. The molecule has 2 fully saturated rings. The van der Waals surface area contributed by atoms with Gasteiger partial charge in [0.2, 0.25) is 0 Å². The van der Waals surface area contributed by atoms with E-state index in [2.05, 4.69) is 17.1 Å². The number of hydrogen-bond donors (Lipinski definition) is 2. The van der Waals surface area contributed by atoms with Gasteiger partial charge in [0, 0.05) is 32.8 Å². The van der Waals surface area contributed by atoms with E-state index < -0.39 is 0 Å². The first-order valence-corrected chi connectivity index (χ1v) is 10.1. The molecule has 2 aliphatic rings. The van der Waals surface area contributed by atoms with Crippen LogP contribution in [0.5, 0.6) is 0 Å². The Kier molecular flexibility index (Phi) is 12.9. The third kappa shape index (κ3) is 9.43. The number of guanidine groups is 1. The van der Waals surface area contributed by atoms with Gasteiger partial charge in [-0.15, -0.1) is 24.0 Å². The molecular weight excluding hydrogens is 429 g/mol. The van der Waals surface area contributed by atoms with Crippen molar-refractivity contribution in [2.45, 2.75) is 83.3 Å². The monoisotopic (exact) mass is 467 g/mol. The van der Waals surface area contributed by atoms with Gasteiger partial charge in [0.05, 0.1) is 12.2 Å². The van der Waals surface area contributed by atoms with Crippen molar-refractivity contribution >= 4 is 29.9 Å². The number of nitrogens with zero attached hydrogens (tertiary/aromatic N) is 2. The van der Waals surface area contributed by atoms with Gasteiger partial charge in [0.25, 0.3) is 0 Å². The van der Waals surface area contributed by atoms with Crippen LogP contribution in [0.2, 0.25) is 0 Å². The van der Waals surface area contributed by atoms with Crippen molar-refractivity contribution in [3.8, 4) is 0 Å². The van der Waals surface area contributed by atoms with Crippen molar-refractivity contribution in [3.63, 3.8) is 0 Å². The van der Waals surface area contributed by atoms with Crippen LogP contribution in [0.1, 0.15) is 71.1 Å². The molecular formula is C19H38IN3O2. The molecule has 0 spiro atoms. The van der Waals surface area contributed by atoms with Crippen molar-refractivity contribution < 1.29 is 9.84 Å². The molecule has 6 heteroatoms. The summed E-state index contributed by atoms with van der Waals surface area (Å²) >= 11 is 0. The number of aliphatic imine (C=N–C) groups is 1. The molecule has 25 heavy (non-hydrogen) atoms. The average Bonchev–Trinajstić information content (AvgIpc) is 2.61. The summed E-state index contributed by atoms with van der Waals surface area (Å²) in [6.45, 7) is 6.61. The summed E-state index contributed by atoms with van der Waals surface area (Å²) in [6, 6.07) is 0. The van der Waals surface area contributed by atoms with Crippen molar-refractivity contribution in [1.29, 1.82) is 0 Å². The minimum absolute atomic E-state index is 0. The lowest BCUT2D eigenvalue weighted by Crippen LogP contribution is -2.46. The maximum atomic E-state index is 9.63. The molecule has 0 aromatic carbocycles. The minimum atomic E-state index is -0.131. The Hall–Kier alpha value is -0.0800. The van der Waals surface area contributed by atoms with E-state index in [9.17, 15) is 5.11 Å². The minimum Gasteiger partial charge on any atom is -0.393 e. The molecule has 0 radical (unpaired) electrons. The standard InChI is InChI=1S/C19H37N3O2.HI/c1-2-20-19(22-14-11-17(23)12-15-22)21-13-7-4-8-16-24-18-9-5-3-6-10-18;/h17-18,23H,2-16H2,1H3,(H,20,21);1H. The summed E-state index contributed by atoms with van der Waals surface area (Å²) in [5.41, 5.74) is 0. The van der Waals surface area contributed by atoms with Crippen LogP contribution in [0.15, 0.2) is 4.99 Å². The van der Waals surface area contributed by atoms with E-state index in [0.29, 0.717) is 6.10 Å². The Morgan fingerprint density at radius 2 is 1.80 bits per heavy atom. The van der Waals surface area contributed by atoms with Crippen molar-refractivity contribution in [2.75, 3.05) is 32.8 Å². The first-order chi connectivity index (χ1) is 11.8. The number of nitrogens with one attached hydrogen (secondary N) is 1. The number of piperidine rings is 1. The van der Waals surface area contributed by atoms with Crippen molar-refractivity contribution in [3.05, 3.63) is 0 Å². The second kappa shape index (κ2) is 14.0. The highest BCUT2D eigenvalue weighted by Crippen LogP contribution is 2.20. The Morgan fingerprint density at radius 3 is 2.48 bits per heavy atom. The molecule has 1 heterocycles. The molecule has 1 aliphatic carbocycles. The predicted molar refractivity (Wildman–Crippen MR) is 115 cm³/mol. The van der Waals surface area contributed by atoms with Gasteiger partial charge in [-0.25, -0.2) is 0 Å². The molecule has 0 aromatic rings. The lowest BCUT2D eigenvalue weighted by atomic mass is 9.98. The highest BCUT2D eigenvalue weighted by molar-refractivity contribution is 14.0. The molecule has 1 saturated heterocycles. The molecule has 0 bridgehead atoms. The predicted octanol–water partition coefficient (Wildman–Crippen LogP) is 3.55. The van der Waals surface area contributed by atoms with E-state index in [-0.39, 0.29) is 30.1 Å². The van der Waals surface area contributed by atoms with Crippen LogP contribution < -0.4 is 5.32 Å². The number of rotatable bonds is 8. The molecule has 0 aromatic heterocycles. The first-order valence-electron chi connectivity index (χ1n) is 10.1. The maximum Gasteiger partial charge on any atom is 0.193 e. The van der Waals surface area contributed by atoms with Crippen molar-refractivity contribution in [1.82, 2.24) is 10.2 Å². The number of aliphatic hydroxyl groups excluding tert-OH is 1. The van der Waals surface area contributed by atoms with E-state index in [4.69, 9.17) is 9.73 Å². The van der Waals surface area contributed by atoms with E-state index in [0.717, 1.165) is 64.4 Å². The van der Waals surface area contributed by atoms with E-state index >= 15 is 0 Å². The number of halogens is 1. The highest BCUT2D eigenvalue weighted by Gasteiger charge is 2.19. The molecule has 1 aliphatic heterocycles. The van der Waals surface area contributed by atoms with Crippen LogP contribution >= 0.6 is 24.0 Å². The molecule has 5 nitrogen and oxygen atoms in total. The summed E-state index contributed by atoms with van der Waals surface area (Å²) < 4.78 is 5.97. The molecule has 2 rings (SSSR count). The van der Waals surface area contributed by atoms with Gasteiger partial charge in [0.15, 0.2) is 5.96 Å². The van der Waals surface area contributed by atoms with Gasteiger partial charge in [0.1, 0.15) is 0 Å². The van der Waals surface area contributed by atoms with Gasteiger partial charge in [-0.3, -0.25) is 4.99 Å². The smallest absolute Gasteiger partial charge is 0.193 e. The van der Waals surface area contributed by atoms with E-state index in [1.54, 1.807) is 0 Å². The molecule has 2 N–H and O–H groups in total. The lowest BCUT2D eigenvalue weighted by Gasteiger charge is -2.32. The summed E-state index contributed by atoms with van der Waals surface area (Å²) in [5.74, 6) is 1.02. The molecule has 1 saturated carbocycles. The van der Waals surface area contributed by atoms with E-state index in [1.165, 1.54) is 38.5 Å². The lowest BCUT2D eigenvalue weighted by molar-refractivity contribution is 0.0264. The van der Waals surface area contributed by atoms with Crippen LogP contribution in [-0.4, -0.2) is 61.0 Å². The Bertz CT molecular complexity index is 355. The summed E-state index contributed by atoms with van der Waals surface area (Å²) in [4.78, 5) is 7.04. The molecule has 148 valence electrons. The highest BCUT2D eigenvalue weighted by atomic mass is 127. The van der Waals surface area contributed by atoms with Gasteiger partial charge in [-0.05, 0) is 51.9 Å². The fourth-order valence-electron chi connectivity index (χ4n) is 3.56. The first kappa shape index (κ1) is 23.0. The number of ether oxygens (including phenoxy) is 1. The average molecular weight is 467 g/mol. The number of unbranched alkanes of at least 4 members (excludes halogenated alkanes) is 2. The largest absolute Gasteiger partial charge is 0.393 e. The quantitative estimate of drug-likeness (QED) is 0.248. The number of hydrogen-bond acceptors (Lipinski definition) is 3. The van der Waals surface area contributed by atoms with Gasteiger partial charge < -0.3 is 20.1 Å². The maximum absolute atomic E-state index is 9.63. The third-order valence-corrected chi connectivity index (χ3v) is 5.07. The number of aliphatic hydroxyl groups is 1. The fraction of sp³-hybridized carbons (Fsp3) is 0.947. The van der Waals surface area contributed by atoms with Crippen LogP contribution in [0, 0.1) is 0 Å². The van der Waals surface area contributed by atoms with Gasteiger partial charge >= 0.3 is 0 Å². The second-order valence-corrected chi connectivity index (χ2v) is 7.15. The normalized spacial score (nSPS) is 20.4. The zero-order chi connectivity index (χ0) is 17.0. The molecule has 0 unspecified atom stereocenters. The van der Waals surface area contributed by atoms with Crippen molar-refractivity contribution in [2.24, 2.45) is 4.99 Å². The second-order valence-electron chi connectivity index (χ2n) is 7.15. The molecule has 0 atom stereocenters. The Balaban J connectivity index is 0.00000312. The van der Waals surface area contributed by atoms with Gasteiger partial charge in [-0.1, -0.05) is 19.3 Å². The zero-order valence-electron chi connectivity index (χ0n) is 15.9. The fourth-order valence-corrected chi connectivity index (χ4v) is 3.56. The van der Waals surface area contributed by atoms with Crippen LogP contribution in [0.25, 0.3) is 0 Å². The van der Waals surface area contributed by atoms with E-state index in [1.807, 2.05) is 0 Å². The number of likely N-dealkylation sites (tertiary alicyclic amines) is 1. The zero-order valence-corrected chi connectivity index (χ0v) is 18.2.